The third-order valence-electron chi connectivity index (χ3n) is 2.77. The van der Waals surface area contributed by atoms with Crippen molar-refractivity contribution in [3.63, 3.8) is 0 Å². The van der Waals surface area contributed by atoms with E-state index in [1.807, 2.05) is 38.1 Å². The molecule has 0 radical (unpaired) electrons. The molecule has 84 valence electrons. The van der Waals surface area contributed by atoms with E-state index in [4.69, 9.17) is 0 Å². The normalized spacial score (nSPS) is 10.9. The summed E-state index contributed by atoms with van der Waals surface area (Å²) in [6, 6.07) is 7.62. The number of aromatic amines is 1. The molecular weight excluding hydrogens is 200 g/mol. The maximum Gasteiger partial charge on any atom is 0.194 e. The van der Waals surface area contributed by atoms with E-state index in [0.717, 1.165) is 28.7 Å². The summed E-state index contributed by atoms with van der Waals surface area (Å²) in [5.74, 6) is 0. The third-order valence-corrected chi connectivity index (χ3v) is 2.77. The van der Waals surface area contributed by atoms with Crippen molar-refractivity contribution in [3.8, 4) is 0 Å². The van der Waals surface area contributed by atoms with Gasteiger partial charge in [0.15, 0.2) is 5.43 Å². The van der Waals surface area contributed by atoms with Crippen LogP contribution in [-0.4, -0.2) is 11.5 Å². The van der Waals surface area contributed by atoms with Gasteiger partial charge in [-0.1, -0.05) is 19.1 Å². The van der Waals surface area contributed by atoms with Gasteiger partial charge in [-0.3, -0.25) is 4.79 Å². The Hall–Kier alpha value is -1.61. The number of rotatable bonds is 3. The molecular formula is C13H16N2O. The smallest absolute Gasteiger partial charge is 0.194 e. The van der Waals surface area contributed by atoms with E-state index in [2.05, 4.69) is 10.3 Å². The highest BCUT2D eigenvalue weighted by molar-refractivity contribution is 5.79. The van der Waals surface area contributed by atoms with Crippen molar-refractivity contribution in [2.45, 2.75) is 20.4 Å². The Balaban J connectivity index is 2.61. The minimum absolute atomic E-state index is 0.132. The highest BCUT2D eigenvalue weighted by Crippen LogP contribution is 2.10. The molecule has 2 aromatic rings. The number of hydrogen-bond acceptors (Lipinski definition) is 2. The molecule has 0 fully saturated rings. The summed E-state index contributed by atoms with van der Waals surface area (Å²) in [6.45, 7) is 5.47. The lowest BCUT2D eigenvalue weighted by Gasteiger charge is -2.08. The lowest BCUT2D eigenvalue weighted by molar-refractivity contribution is 0.718. The largest absolute Gasteiger partial charge is 0.358 e. The van der Waals surface area contributed by atoms with Crippen molar-refractivity contribution in [1.82, 2.24) is 10.3 Å². The summed E-state index contributed by atoms with van der Waals surface area (Å²) in [5, 5.41) is 3.96. The fraction of sp³-hybridized carbons (Fsp3) is 0.308. The van der Waals surface area contributed by atoms with Gasteiger partial charge >= 0.3 is 0 Å². The zero-order chi connectivity index (χ0) is 11.5. The molecule has 2 rings (SSSR count). The number of hydrogen-bond donors (Lipinski definition) is 2. The van der Waals surface area contributed by atoms with Gasteiger partial charge in [0, 0.05) is 28.7 Å². The molecule has 3 heteroatoms. The predicted molar refractivity (Wildman–Crippen MR) is 66.7 cm³/mol. The van der Waals surface area contributed by atoms with Gasteiger partial charge in [-0.2, -0.15) is 0 Å². The van der Waals surface area contributed by atoms with Crippen LogP contribution in [0.3, 0.4) is 0 Å². The Morgan fingerprint density at radius 3 is 2.81 bits per heavy atom. The van der Waals surface area contributed by atoms with Crippen molar-refractivity contribution in [1.29, 1.82) is 0 Å². The second kappa shape index (κ2) is 4.49. The van der Waals surface area contributed by atoms with Crippen molar-refractivity contribution < 1.29 is 0 Å². The Kier molecular flexibility index (Phi) is 3.06. The zero-order valence-corrected chi connectivity index (χ0v) is 9.63. The first-order chi connectivity index (χ1) is 7.74. The first-order valence-corrected chi connectivity index (χ1v) is 5.55. The molecule has 1 aromatic carbocycles. The summed E-state index contributed by atoms with van der Waals surface area (Å²) in [4.78, 5) is 15.5. The van der Waals surface area contributed by atoms with Crippen LogP contribution in [-0.2, 0) is 6.54 Å². The monoisotopic (exact) mass is 216 g/mol. The number of benzene rings is 1. The molecule has 0 aliphatic heterocycles. The van der Waals surface area contributed by atoms with E-state index < -0.39 is 0 Å². The van der Waals surface area contributed by atoms with Gasteiger partial charge in [-0.15, -0.1) is 0 Å². The van der Waals surface area contributed by atoms with Crippen molar-refractivity contribution in [2.75, 3.05) is 6.54 Å². The number of aromatic nitrogens is 1. The van der Waals surface area contributed by atoms with Crippen molar-refractivity contribution in [2.24, 2.45) is 0 Å². The molecule has 1 heterocycles. The molecule has 0 unspecified atom stereocenters. The lowest BCUT2D eigenvalue weighted by atomic mass is 10.1. The number of pyridine rings is 1. The van der Waals surface area contributed by atoms with E-state index in [1.54, 1.807) is 0 Å². The van der Waals surface area contributed by atoms with E-state index in [1.165, 1.54) is 0 Å². The molecule has 0 bridgehead atoms. The third kappa shape index (κ3) is 1.86. The number of para-hydroxylation sites is 1. The van der Waals surface area contributed by atoms with Crippen LogP contribution in [0.4, 0.5) is 0 Å². The van der Waals surface area contributed by atoms with Crippen LogP contribution in [0.2, 0.25) is 0 Å². The molecule has 0 atom stereocenters. The van der Waals surface area contributed by atoms with E-state index >= 15 is 0 Å². The van der Waals surface area contributed by atoms with Crippen LogP contribution in [0.1, 0.15) is 18.2 Å². The van der Waals surface area contributed by atoms with Crippen LogP contribution in [0.5, 0.6) is 0 Å². The minimum atomic E-state index is 0.132. The van der Waals surface area contributed by atoms with Gasteiger partial charge in [-0.05, 0) is 25.6 Å². The fourth-order valence-corrected chi connectivity index (χ4v) is 1.86. The maximum atomic E-state index is 12.2. The van der Waals surface area contributed by atoms with Crippen LogP contribution in [0, 0.1) is 6.92 Å². The van der Waals surface area contributed by atoms with Crippen LogP contribution < -0.4 is 10.7 Å². The van der Waals surface area contributed by atoms with Crippen LogP contribution in [0.25, 0.3) is 10.9 Å². The molecule has 1 aromatic heterocycles. The van der Waals surface area contributed by atoms with Crippen molar-refractivity contribution >= 4 is 10.9 Å². The minimum Gasteiger partial charge on any atom is -0.358 e. The first-order valence-electron chi connectivity index (χ1n) is 5.55. The number of fused-ring (bicyclic) bond motifs is 1. The standard InChI is InChI=1S/C13H16N2O/c1-3-14-8-11-9(2)15-12-7-5-4-6-10(12)13(11)16/h4-7,14H,3,8H2,1-2H3,(H,15,16). The van der Waals surface area contributed by atoms with Gasteiger partial charge in [0.25, 0.3) is 0 Å². The first kappa shape index (κ1) is 10.9. The summed E-state index contributed by atoms with van der Waals surface area (Å²) in [7, 11) is 0. The Morgan fingerprint density at radius 2 is 2.06 bits per heavy atom. The Bertz CT molecular complexity index is 557. The molecule has 0 aliphatic carbocycles. The number of nitrogens with one attached hydrogen (secondary N) is 2. The topological polar surface area (TPSA) is 44.9 Å². The van der Waals surface area contributed by atoms with Gasteiger partial charge < -0.3 is 10.3 Å². The van der Waals surface area contributed by atoms with Crippen LogP contribution >= 0.6 is 0 Å². The fourth-order valence-electron chi connectivity index (χ4n) is 1.86. The second-order valence-electron chi connectivity index (χ2n) is 3.88. The highest BCUT2D eigenvalue weighted by Gasteiger charge is 2.07. The molecule has 0 aliphatic rings. The second-order valence-corrected chi connectivity index (χ2v) is 3.88. The SMILES string of the molecule is CCNCc1c(C)[nH]c2ccccc2c1=O. The van der Waals surface area contributed by atoms with Gasteiger partial charge in [0.2, 0.25) is 0 Å². The number of aryl methyl sites for hydroxylation is 1. The lowest BCUT2D eigenvalue weighted by Crippen LogP contribution is -2.21. The summed E-state index contributed by atoms with van der Waals surface area (Å²) in [6.07, 6.45) is 0. The van der Waals surface area contributed by atoms with Crippen molar-refractivity contribution in [3.05, 3.63) is 45.7 Å². The molecule has 0 saturated carbocycles. The highest BCUT2D eigenvalue weighted by atomic mass is 16.1. The van der Waals surface area contributed by atoms with E-state index in [-0.39, 0.29) is 5.43 Å². The molecule has 16 heavy (non-hydrogen) atoms. The molecule has 0 saturated heterocycles. The summed E-state index contributed by atoms with van der Waals surface area (Å²) in [5.41, 5.74) is 2.82. The maximum absolute atomic E-state index is 12.2. The van der Waals surface area contributed by atoms with E-state index in [0.29, 0.717) is 6.54 Å². The molecule has 3 nitrogen and oxygen atoms in total. The zero-order valence-electron chi connectivity index (χ0n) is 9.63. The van der Waals surface area contributed by atoms with Gasteiger partial charge in [0.1, 0.15) is 0 Å². The Morgan fingerprint density at radius 1 is 1.31 bits per heavy atom. The molecule has 2 N–H and O–H groups in total. The van der Waals surface area contributed by atoms with Gasteiger partial charge in [0.05, 0.1) is 0 Å². The van der Waals surface area contributed by atoms with E-state index in [9.17, 15) is 4.79 Å². The summed E-state index contributed by atoms with van der Waals surface area (Å²) < 4.78 is 0. The molecule has 0 amide bonds. The van der Waals surface area contributed by atoms with Gasteiger partial charge in [-0.25, -0.2) is 0 Å². The average Bonchev–Trinajstić information content (AvgIpc) is 2.29. The quantitative estimate of drug-likeness (QED) is 0.823. The predicted octanol–water partition coefficient (Wildman–Crippen LogP) is 1.95. The van der Waals surface area contributed by atoms with Crippen LogP contribution in [0.15, 0.2) is 29.1 Å². The number of H-pyrrole nitrogens is 1. The Labute approximate surface area is 94.5 Å². The average molecular weight is 216 g/mol. The molecule has 0 spiro atoms. The summed E-state index contributed by atoms with van der Waals surface area (Å²) >= 11 is 0.